The number of halogens is 1. The van der Waals surface area contributed by atoms with Gasteiger partial charge in [0.1, 0.15) is 18.4 Å². The maximum absolute atomic E-state index is 12.2. The van der Waals surface area contributed by atoms with Gasteiger partial charge in [-0.2, -0.15) is 0 Å². The van der Waals surface area contributed by atoms with Crippen LogP contribution in [0.4, 0.5) is 0 Å². The predicted octanol–water partition coefficient (Wildman–Crippen LogP) is 1.84. The Hall–Kier alpha value is -1.60. The lowest BCUT2D eigenvalue weighted by molar-refractivity contribution is -0.143. The molecule has 1 fully saturated rings. The Morgan fingerprint density at radius 3 is 2.74 bits per heavy atom. The molecule has 6 nitrogen and oxygen atoms in total. The van der Waals surface area contributed by atoms with E-state index in [9.17, 15) is 9.59 Å². The largest absolute Gasteiger partial charge is 0.492 e. The van der Waals surface area contributed by atoms with Crippen LogP contribution in [0, 0.1) is 0 Å². The Labute approximate surface area is 144 Å². The molecule has 0 spiro atoms. The van der Waals surface area contributed by atoms with Crippen molar-refractivity contribution in [3.05, 3.63) is 28.7 Å². The van der Waals surface area contributed by atoms with Crippen molar-refractivity contribution >= 4 is 27.8 Å². The van der Waals surface area contributed by atoms with Crippen LogP contribution in [0.25, 0.3) is 0 Å². The van der Waals surface area contributed by atoms with Crippen LogP contribution in [0.15, 0.2) is 28.7 Å². The number of benzene rings is 1. The lowest BCUT2D eigenvalue weighted by atomic mass is 10.2. The SMILES string of the molecule is CN(CCOc1ccc(Br)cc1)C(=O)CN1CCC[C@H]1C(=O)O. The Bertz CT molecular complexity index is 550. The maximum Gasteiger partial charge on any atom is 0.320 e. The van der Waals surface area contributed by atoms with E-state index in [2.05, 4.69) is 15.9 Å². The number of carbonyl (C=O) groups is 2. The molecule has 1 aliphatic heterocycles. The molecule has 1 amide bonds. The van der Waals surface area contributed by atoms with E-state index in [0.717, 1.165) is 16.6 Å². The number of ether oxygens (including phenoxy) is 1. The average Bonchev–Trinajstić information content (AvgIpc) is 2.97. The van der Waals surface area contributed by atoms with Crippen molar-refractivity contribution in [3.63, 3.8) is 0 Å². The monoisotopic (exact) mass is 384 g/mol. The van der Waals surface area contributed by atoms with Crippen LogP contribution in [-0.2, 0) is 9.59 Å². The molecule has 1 saturated heterocycles. The van der Waals surface area contributed by atoms with E-state index in [0.29, 0.717) is 26.1 Å². The number of hydrogen-bond acceptors (Lipinski definition) is 4. The summed E-state index contributed by atoms with van der Waals surface area (Å²) in [6, 6.07) is 6.96. The number of amides is 1. The van der Waals surface area contributed by atoms with Crippen molar-refractivity contribution in [3.8, 4) is 5.75 Å². The minimum atomic E-state index is -0.850. The number of aliphatic carboxylic acids is 1. The van der Waals surface area contributed by atoms with Crippen LogP contribution in [0.2, 0.25) is 0 Å². The fourth-order valence-electron chi connectivity index (χ4n) is 2.55. The summed E-state index contributed by atoms with van der Waals surface area (Å²) in [5, 5.41) is 9.13. The normalized spacial score (nSPS) is 17.9. The molecule has 1 heterocycles. The van der Waals surface area contributed by atoms with Gasteiger partial charge in [-0.25, -0.2) is 0 Å². The van der Waals surface area contributed by atoms with Gasteiger partial charge in [-0.05, 0) is 43.7 Å². The van der Waals surface area contributed by atoms with Gasteiger partial charge in [-0.1, -0.05) is 15.9 Å². The third-order valence-electron chi connectivity index (χ3n) is 3.92. The molecule has 0 bridgehead atoms. The number of hydrogen-bond donors (Lipinski definition) is 1. The molecule has 2 rings (SSSR count). The first-order valence-electron chi connectivity index (χ1n) is 7.56. The highest BCUT2D eigenvalue weighted by molar-refractivity contribution is 9.10. The summed E-state index contributed by atoms with van der Waals surface area (Å²) in [5.41, 5.74) is 0. The zero-order valence-corrected chi connectivity index (χ0v) is 14.7. The van der Waals surface area contributed by atoms with Crippen LogP contribution in [-0.4, -0.2) is 66.1 Å². The molecule has 126 valence electrons. The molecular weight excluding hydrogens is 364 g/mol. The molecule has 0 unspecified atom stereocenters. The molecule has 0 radical (unpaired) electrons. The van der Waals surface area contributed by atoms with E-state index < -0.39 is 12.0 Å². The van der Waals surface area contributed by atoms with Gasteiger partial charge in [0.05, 0.1) is 13.1 Å². The van der Waals surface area contributed by atoms with Crippen LogP contribution >= 0.6 is 15.9 Å². The average molecular weight is 385 g/mol. The van der Waals surface area contributed by atoms with Crippen LogP contribution in [0.1, 0.15) is 12.8 Å². The van der Waals surface area contributed by atoms with Crippen molar-refractivity contribution in [2.75, 3.05) is 33.3 Å². The third kappa shape index (κ3) is 5.21. The van der Waals surface area contributed by atoms with Gasteiger partial charge < -0.3 is 14.7 Å². The smallest absolute Gasteiger partial charge is 0.320 e. The van der Waals surface area contributed by atoms with E-state index in [1.54, 1.807) is 16.8 Å². The van der Waals surface area contributed by atoms with Crippen LogP contribution in [0.3, 0.4) is 0 Å². The number of likely N-dealkylation sites (N-methyl/N-ethyl adjacent to an activating group) is 1. The summed E-state index contributed by atoms with van der Waals surface area (Å²) in [6.07, 6.45) is 1.43. The van der Waals surface area contributed by atoms with Gasteiger partial charge in [0.15, 0.2) is 0 Å². The molecule has 1 aromatic rings. The Balaban J connectivity index is 1.74. The van der Waals surface area contributed by atoms with E-state index in [1.165, 1.54) is 0 Å². The standard InChI is InChI=1S/C16H21BrN2O4/c1-18(9-10-23-13-6-4-12(17)5-7-13)15(20)11-19-8-2-3-14(19)16(21)22/h4-7,14H,2-3,8-11H2,1H3,(H,21,22)/t14-/m0/s1. The summed E-state index contributed by atoms with van der Waals surface area (Å²) < 4.78 is 6.57. The first-order chi connectivity index (χ1) is 11.0. The minimum Gasteiger partial charge on any atom is -0.492 e. The van der Waals surface area contributed by atoms with Crippen molar-refractivity contribution in [2.45, 2.75) is 18.9 Å². The number of carboxylic acids is 1. The summed E-state index contributed by atoms with van der Waals surface area (Å²) >= 11 is 3.36. The highest BCUT2D eigenvalue weighted by atomic mass is 79.9. The first kappa shape index (κ1) is 17.7. The summed E-state index contributed by atoms with van der Waals surface area (Å²) in [5.74, 6) is -0.186. The highest BCUT2D eigenvalue weighted by Crippen LogP contribution is 2.17. The third-order valence-corrected chi connectivity index (χ3v) is 4.45. The van der Waals surface area contributed by atoms with Crippen molar-refractivity contribution in [1.82, 2.24) is 9.80 Å². The van der Waals surface area contributed by atoms with Gasteiger partial charge in [0.25, 0.3) is 0 Å². The van der Waals surface area contributed by atoms with Crippen molar-refractivity contribution in [2.24, 2.45) is 0 Å². The molecule has 7 heteroatoms. The predicted molar refractivity (Wildman–Crippen MR) is 89.5 cm³/mol. The van der Waals surface area contributed by atoms with Crippen LogP contribution < -0.4 is 4.74 Å². The summed E-state index contributed by atoms with van der Waals surface area (Å²) in [6.45, 7) is 1.66. The molecule has 23 heavy (non-hydrogen) atoms. The number of carboxylic acid groups (broad SMARTS) is 1. The maximum atomic E-state index is 12.2. The second-order valence-electron chi connectivity index (χ2n) is 5.58. The second-order valence-corrected chi connectivity index (χ2v) is 6.50. The number of nitrogens with zero attached hydrogens (tertiary/aromatic N) is 2. The molecule has 1 aromatic carbocycles. The quantitative estimate of drug-likeness (QED) is 0.776. The lowest BCUT2D eigenvalue weighted by Crippen LogP contribution is -2.44. The Kier molecular flexibility index (Phi) is 6.41. The number of carbonyl (C=O) groups excluding carboxylic acids is 1. The molecular formula is C16H21BrN2O4. The topological polar surface area (TPSA) is 70.1 Å². The molecule has 0 saturated carbocycles. The van der Waals surface area contributed by atoms with Crippen LogP contribution in [0.5, 0.6) is 5.75 Å². The molecule has 1 N–H and O–H groups in total. The van der Waals surface area contributed by atoms with E-state index in [-0.39, 0.29) is 12.5 Å². The van der Waals surface area contributed by atoms with Gasteiger partial charge in [-0.3, -0.25) is 14.5 Å². The lowest BCUT2D eigenvalue weighted by Gasteiger charge is -2.24. The Morgan fingerprint density at radius 2 is 2.09 bits per heavy atom. The van der Waals surface area contributed by atoms with E-state index >= 15 is 0 Å². The fourth-order valence-corrected chi connectivity index (χ4v) is 2.81. The number of likely N-dealkylation sites (tertiary alicyclic amines) is 1. The van der Waals surface area contributed by atoms with Crippen molar-refractivity contribution < 1.29 is 19.4 Å². The van der Waals surface area contributed by atoms with E-state index in [4.69, 9.17) is 9.84 Å². The van der Waals surface area contributed by atoms with E-state index in [1.807, 2.05) is 24.3 Å². The van der Waals surface area contributed by atoms with Gasteiger partial charge in [-0.15, -0.1) is 0 Å². The Morgan fingerprint density at radius 1 is 1.39 bits per heavy atom. The molecule has 1 aliphatic rings. The van der Waals surface area contributed by atoms with Gasteiger partial charge in [0.2, 0.25) is 5.91 Å². The first-order valence-corrected chi connectivity index (χ1v) is 8.36. The highest BCUT2D eigenvalue weighted by Gasteiger charge is 2.32. The summed E-state index contributed by atoms with van der Waals surface area (Å²) in [7, 11) is 1.71. The minimum absolute atomic E-state index is 0.0856. The molecule has 1 atom stereocenters. The zero-order valence-electron chi connectivity index (χ0n) is 13.1. The zero-order chi connectivity index (χ0) is 16.8. The van der Waals surface area contributed by atoms with Gasteiger partial charge in [0, 0.05) is 11.5 Å². The van der Waals surface area contributed by atoms with Crippen molar-refractivity contribution in [1.29, 1.82) is 0 Å². The fraction of sp³-hybridized carbons (Fsp3) is 0.500. The summed E-state index contributed by atoms with van der Waals surface area (Å²) in [4.78, 5) is 26.6. The number of rotatable bonds is 7. The molecule has 0 aromatic heterocycles. The van der Waals surface area contributed by atoms with Gasteiger partial charge >= 0.3 is 5.97 Å². The second kappa shape index (κ2) is 8.31. The molecule has 0 aliphatic carbocycles.